The molecule has 1 aromatic carbocycles. The van der Waals surface area contributed by atoms with Gasteiger partial charge in [-0.2, -0.15) is 0 Å². The van der Waals surface area contributed by atoms with Gasteiger partial charge in [0.1, 0.15) is 11.6 Å². The zero-order chi connectivity index (χ0) is 12.1. The van der Waals surface area contributed by atoms with Gasteiger partial charge >= 0.3 is 0 Å². The van der Waals surface area contributed by atoms with Gasteiger partial charge in [-0.15, -0.1) is 0 Å². The van der Waals surface area contributed by atoms with Crippen LogP contribution in [0.5, 0.6) is 5.75 Å². The summed E-state index contributed by atoms with van der Waals surface area (Å²) in [6, 6.07) is 4.32. The Morgan fingerprint density at radius 1 is 1.56 bits per heavy atom. The van der Waals surface area contributed by atoms with Crippen molar-refractivity contribution in [2.75, 3.05) is 7.11 Å². The Kier molecular flexibility index (Phi) is 4.50. The minimum atomic E-state index is -0.399. The highest BCUT2D eigenvalue weighted by molar-refractivity contribution is 5.37. The third-order valence-electron chi connectivity index (χ3n) is 2.61. The summed E-state index contributed by atoms with van der Waals surface area (Å²) in [4.78, 5) is 0. The summed E-state index contributed by atoms with van der Waals surface area (Å²) in [6.07, 6.45) is 1.43. The Labute approximate surface area is 95.9 Å². The van der Waals surface area contributed by atoms with Gasteiger partial charge in [-0.3, -0.25) is 0 Å². The van der Waals surface area contributed by atoms with E-state index in [-0.39, 0.29) is 5.82 Å². The molecule has 0 aliphatic heterocycles. The molecule has 0 aliphatic rings. The standard InChI is InChI=1S/C13H18FNO/c1-4-9(2)8-11(15)13-10(14)6-5-7-12(13)16-3/h5-7,11H,2,4,8,15H2,1,3H3. The highest BCUT2D eigenvalue weighted by atomic mass is 19.1. The molecule has 1 unspecified atom stereocenters. The Bertz CT molecular complexity index is 376. The topological polar surface area (TPSA) is 35.2 Å². The number of nitrogens with two attached hydrogens (primary N) is 1. The van der Waals surface area contributed by atoms with E-state index in [2.05, 4.69) is 6.58 Å². The van der Waals surface area contributed by atoms with Crippen LogP contribution in [0.15, 0.2) is 30.4 Å². The molecule has 2 N–H and O–H groups in total. The maximum Gasteiger partial charge on any atom is 0.131 e. The van der Waals surface area contributed by atoms with E-state index < -0.39 is 6.04 Å². The summed E-state index contributed by atoms with van der Waals surface area (Å²) in [5.41, 5.74) is 7.41. The third kappa shape index (κ3) is 2.83. The van der Waals surface area contributed by atoms with Crippen molar-refractivity contribution in [1.82, 2.24) is 0 Å². The van der Waals surface area contributed by atoms with Crippen LogP contribution < -0.4 is 10.5 Å². The normalized spacial score (nSPS) is 12.2. The average molecular weight is 223 g/mol. The lowest BCUT2D eigenvalue weighted by molar-refractivity contribution is 0.398. The number of rotatable bonds is 5. The van der Waals surface area contributed by atoms with Crippen molar-refractivity contribution < 1.29 is 9.13 Å². The van der Waals surface area contributed by atoms with Gasteiger partial charge in [0.05, 0.1) is 7.11 Å². The molecule has 0 aromatic heterocycles. The summed E-state index contributed by atoms with van der Waals surface area (Å²) >= 11 is 0. The first-order valence-electron chi connectivity index (χ1n) is 5.34. The first kappa shape index (κ1) is 12.7. The van der Waals surface area contributed by atoms with Crippen LogP contribution >= 0.6 is 0 Å². The van der Waals surface area contributed by atoms with Crippen LogP contribution in [0, 0.1) is 5.82 Å². The number of hydrogen-bond acceptors (Lipinski definition) is 2. The van der Waals surface area contributed by atoms with Crippen LogP contribution in [0.2, 0.25) is 0 Å². The van der Waals surface area contributed by atoms with E-state index in [4.69, 9.17) is 10.5 Å². The largest absolute Gasteiger partial charge is 0.496 e. The fourth-order valence-corrected chi connectivity index (χ4v) is 1.61. The maximum atomic E-state index is 13.7. The van der Waals surface area contributed by atoms with Gasteiger partial charge in [0.25, 0.3) is 0 Å². The van der Waals surface area contributed by atoms with Gasteiger partial charge in [0, 0.05) is 11.6 Å². The van der Waals surface area contributed by atoms with Crippen LogP contribution in [0.3, 0.4) is 0 Å². The first-order chi connectivity index (χ1) is 7.60. The maximum absolute atomic E-state index is 13.7. The second-order valence-corrected chi connectivity index (χ2v) is 3.77. The first-order valence-corrected chi connectivity index (χ1v) is 5.34. The highest BCUT2D eigenvalue weighted by Gasteiger charge is 2.17. The number of halogens is 1. The van der Waals surface area contributed by atoms with Gasteiger partial charge < -0.3 is 10.5 Å². The van der Waals surface area contributed by atoms with Crippen LogP contribution in [0.4, 0.5) is 4.39 Å². The monoisotopic (exact) mass is 223 g/mol. The second-order valence-electron chi connectivity index (χ2n) is 3.77. The molecule has 16 heavy (non-hydrogen) atoms. The molecule has 88 valence electrons. The lowest BCUT2D eigenvalue weighted by Crippen LogP contribution is -2.14. The van der Waals surface area contributed by atoms with Crippen molar-refractivity contribution in [3.63, 3.8) is 0 Å². The van der Waals surface area contributed by atoms with Gasteiger partial charge in [0.15, 0.2) is 0 Å². The molecule has 1 aromatic rings. The number of ether oxygens (including phenoxy) is 1. The SMILES string of the molecule is C=C(CC)CC(N)c1c(F)cccc1OC. The summed E-state index contributed by atoms with van der Waals surface area (Å²) < 4.78 is 18.8. The minimum absolute atomic E-state index is 0.323. The molecule has 3 heteroatoms. The zero-order valence-corrected chi connectivity index (χ0v) is 9.79. The zero-order valence-electron chi connectivity index (χ0n) is 9.79. The molecule has 0 saturated carbocycles. The summed E-state index contributed by atoms with van der Waals surface area (Å²) in [6.45, 7) is 5.89. The third-order valence-corrected chi connectivity index (χ3v) is 2.61. The van der Waals surface area contributed by atoms with E-state index in [1.165, 1.54) is 13.2 Å². The molecule has 1 rings (SSSR count). The predicted molar refractivity (Wildman–Crippen MR) is 63.9 cm³/mol. The molecular formula is C13H18FNO. The van der Waals surface area contributed by atoms with Crippen molar-refractivity contribution in [2.24, 2.45) is 5.73 Å². The molecule has 0 aliphatic carbocycles. The predicted octanol–water partition coefficient (Wildman–Crippen LogP) is 3.19. The second kappa shape index (κ2) is 5.66. The Balaban J connectivity index is 2.97. The van der Waals surface area contributed by atoms with E-state index >= 15 is 0 Å². The van der Waals surface area contributed by atoms with E-state index in [1.807, 2.05) is 6.92 Å². The fourth-order valence-electron chi connectivity index (χ4n) is 1.61. The molecular weight excluding hydrogens is 205 g/mol. The molecule has 1 atom stereocenters. The Hall–Kier alpha value is -1.35. The van der Waals surface area contributed by atoms with Crippen LogP contribution in [0.1, 0.15) is 31.4 Å². The summed E-state index contributed by atoms with van der Waals surface area (Å²) in [7, 11) is 1.51. The summed E-state index contributed by atoms with van der Waals surface area (Å²) in [5, 5.41) is 0. The molecule has 0 heterocycles. The lowest BCUT2D eigenvalue weighted by atomic mass is 9.98. The molecule has 2 nitrogen and oxygen atoms in total. The minimum Gasteiger partial charge on any atom is -0.496 e. The van der Waals surface area contributed by atoms with Gasteiger partial charge in [-0.05, 0) is 25.0 Å². The van der Waals surface area contributed by atoms with Crippen molar-refractivity contribution >= 4 is 0 Å². The van der Waals surface area contributed by atoms with Crippen LogP contribution in [0.25, 0.3) is 0 Å². The smallest absolute Gasteiger partial charge is 0.131 e. The van der Waals surface area contributed by atoms with Crippen LogP contribution in [-0.2, 0) is 0 Å². The van der Waals surface area contributed by atoms with Crippen molar-refractivity contribution in [3.05, 3.63) is 41.7 Å². The Morgan fingerprint density at radius 2 is 2.25 bits per heavy atom. The van der Waals surface area contributed by atoms with Gasteiger partial charge in [-0.25, -0.2) is 4.39 Å². The van der Waals surface area contributed by atoms with Gasteiger partial charge in [-0.1, -0.05) is 25.1 Å². The van der Waals surface area contributed by atoms with Crippen molar-refractivity contribution in [3.8, 4) is 5.75 Å². The molecule has 0 spiro atoms. The highest BCUT2D eigenvalue weighted by Crippen LogP contribution is 2.30. The molecule has 0 saturated heterocycles. The van der Waals surface area contributed by atoms with Gasteiger partial charge in [0.2, 0.25) is 0 Å². The molecule has 0 bridgehead atoms. The van der Waals surface area contributed by atoms with Crippen molar-refractivity contribution in [2.45, 2.75) is 25.8 Å². The fraction of sp³-hybridized carbons (Fsp3) is 0.385. The quantitative estimate of drug-likeness (QED) is 0.778. The number of methoxy groups -OCH3 is 1. The van der Waals surface area contributed by atoms with Crippen LogP contribution in [-0.4, -0.2) is 7.11 Å². The van der Waals surface area contributed by atoms with E-state index in [1.54, 1.807) is 12.1 Å². The van der Waals surface area contributed by atoms with E-state index in [9.17, 15) is 4.39 Å². The number of hydrogen-bond donors (Lipinski definition) is 1. The Morgan fingerprint density at radius 3 is 2.81 bits per heavy atom. The average Bonchev–Trinajstić information content (AvgIpc) is 2.28. The van der Waals surface area contributed by atoms with Crippen molar-refractivity contribution in [1.29, 1.82) is 0 Å². The summed E-state index contributed by atoms with van der Waals surface area (Å²) in [5.74, 6) is 0.173. The van der Waals surface area contributed by atoms with E-state index in [0.29, 0.717) is 17.7 Å². The van der Waals surface area contributed by atoms with E-state index in [0.717, 1.165) is 12.0 Å². The molecule has 0 amide bonds. The molecule has 0 radical (unpaired) electrons. The molecule has 0 fully saturated rings. The number of benzene rings is 1. The lowest BCUT2D eigenvalue weighted by Gasteiger charge is -2.17.